The first-order valence-corrected chi connectivity index (χ1v) is 11.4. The third-order valence-corrected chi connectivity index (χ3v) is 6.40. The molecule has 0 saturated carbocycles. The molecule has 0 spiro atoms. The molecule has 32 heavy (non-hydrogen) atoms. The molecule has 6 nitrogen and oxygen atoms in total. The highest BCUT2D eigenvalue weighted by molar-refractivity contribution is 14.0. The number of aliphatic imine (C=N–C) groups is 1. The number of fused-ring (bicyclic) bond motifs is 1. The van der Waals surface area contributed by atoms with Crippen LogP contribution in [0.5, 0.6) is 0 Å². The van der Waals surface area contributed by atoms with E-state index in [1.54, 1.807) is 0 Å². The van der Waals surface area contributed by atoms with Crippen LogP contribution in [0.3, 0.4) is 0 Å². The number of benzene rings is 2. The second-order valence-electron chi connectivity index (χ2n) is 8.77. The van der Waals surface area contributed by atoms with Crippen molar-refractivity contribution in [1.82, 2.24) is 4.90 Å². The van der Waals surface area contributed by atoms with Crippen molar-refractivity contribution in [3.63, 3.8) is 0 Å². The van der Waals surface area contributed by atoms with Crippen LogP contribution in [0.4, 0.5) is 5.69 Å². The average molecular weight is 547 g/mol. The van der Waals surface area contributed by atoms with Crippen LogP contribution >= 0.6 is 24.0 Å². The van der Waals surface area contributed by atoms with Crippen LogP contribution in [-0.4, -0.2) is 29.9 Å². The normalized spacial score (nSPS) is 19.0. The molecule has 1 unspecified atom stereocenters. The maximum absolute atomic E-state index is 11.5. The van der Waals surface area contributed by atoms with Crippen LogP contribution in [0.1, 0.15) is 47.9 Å². The molecule has 1 saturated heterocycles. The lowest BCUT2D eigenvalue weighted by molar-refractivity contribution is -0.123. The van der Waals surface area contributed by atoms with Gasteiger partial charge in [0, 0.05) is 18.8 Å². The quantitative estimate of drug-likeness (QED) is 0.291. The van der Waals surface area contributed by atoms with Gasteiger partial charge in [-0.15, -0.1) is 24.0 Å². The molecule has 5 N–H and O–H groups in total. The average Bonchev–Trinajstić information content (AvgIpc) is 2.78. The highest BCUT2D eigenvalue weighted by Gasteiger charge is 2.23. The van der Waals surface area contributed by atoms with Crippen molar-refractivity contribution >= 4 is 41.5 Å². The number of carbonyl (C=O) groups excluding carboxylic acids is 1. The number of hydrogen-bond acceptors (Lipinski definition) is 3. The number of anilines is 1. The number of rotatable bonds is 6. The Morgan fingerprint density at radius 1 is 1.06 bits per heavy atom. The van der Waals surface area contributed by atoms with Crippen molar-refractivity contribution in [2.45, 2.75) is 51.6 Å². The summed E-state index contributed by atoms with van der Waals surface area (Å²) in [7, 11) is 0. The van der Waals surface area contributed by atoms with Crippen LogP contribution in [0.15, 0.2) is 47.5 Å². The van der Waals surface area contributed by atoms with Crippen molar-refractivity contribution in [2.75, 3.05) is 18.4 Å². The number of nitrogens with two attached hydrogens (primary N) is 2. The summed E-state index contributed by atoms with van der Waals surface area (Å²) in [6.07, 6.45) is 6.65. The maximum Gasteiger partial charge on any atom is 0.221 e. The monoisotopic (exact) mass is 547 g/mol. The summed E-state index contributed by atoms with van der Waals surface area (Å²) in [5, 5.41) is 3.31. The zero-order valence-electron chi connectivity index (χ0n) is 18.6. The van der Waals surface area contributed by atoms with Gasteiger partial charge in [0.15, 0.2) is 5.96 Å². The molecular formula is C25H34IN5O. The molecule has 1 amide bonds. The number of guanidine groups is 1. The van der Waals surface area contributed by atoms with Crippen LogP contribution in [0, 0.1) is 5.92 Å². The molecule has 2 aromatic carbocycles. The van der Waals surface area contributed by atoms with E-state index in [1.165, 1.54) is 29.5 Å². The third-order valence-electron chi connectivity index (χ3n) is 6.40. The van der Waals surface area contributed by atoms with E-state index >= 15 is 0 Å². The largest absolute Gasteiger partial charge is 0.370 e. The standard InChI is InChI=1S/C25H33N5O.HI/c26-24(31)21-10-5-13-30(17-21)16-19-7-3-6-18(14-19)15-28-25(27)29-23-12-4-9-20-8-1-2-11-22(20)23;/h3-4,6-7,9,12,14,21H,1-2,5,8,10-11,13,15-17H2,(H2,26,31)(H3,27,28,29);1H. The topological polar surface area (TPSA) is 96.7 Å². The predicted molar refractivity (Wildman–Crippen MR) is 141 cm³/mol. The zero-order valence-corrected chi connectivity index (χ0v) is 20.9. The minimum atomic E-state index is -0.185. The Bertz CT molecular complexity index is 961. The van der Waals surface area contributed by atoms with Gasteiger partial charge in [-0.05, 0) is 73.4 Å². The molecule has 172 valence electrons. The smallest absolute Gasteiger partial charge is 0.221 e. The second kappa shape index (κ2) is 11.7. The number of nitrogens with zero attached hydrogens (tertiary/aromatic N) is 2. The SMILES string of the molecule is I.NC(=O)C1CCCN(Cc2cccc(CN=C(N)Nc3cccc4c3CCCC4)c2)C1. The van der Waals surface area contributed by atoms with Gasteiger partial charge in [0.25, 0.3) is 0 Å². The molecular weight excluding hydrogens is 513 g/mol. The number of primary amides is 1. The molecule has 1 aliphatic carbocycles. The first-order valence-electron chi connectivity index (χ1n) is 11.4. The Hall–Kier alpha value is -2.13. The lowest BCUT2D eigenvalue weighted by Crippen LogP contribution is -2.40. The summed E-state index contributed by atoms with van der Waals surface area (Å²) in [6.45, 7) is 3.11. The van der Waals surface area contributed by atoms with Crippen LogP contribution in [0.25, 0.3) is 0 Å². The fraction of sp³-hybridized carbons (Fsp3) is 0.440. The molecule has 1 fully saturated rings. The summed E-state index contributed by atoms with van der Waals surface area (Å²) in [5.41, 5.74) is 18.0. The highest BCUT2D eigenvalue weighted by Crippen LogP contribution is 2.27. The lowest BCUT2D eigenvalue weighted by Gasteiger charge is -2.31. The number of piperidine rings is 1. The van der Waals surface area contributed by atoms with Gasteiger partial charge in [0.1, 0.15) is 0 Å². The van der Waals surface area contributed by atoms with Gasteiger partial charge >= 0.3 is 0 Å². The van der Waals surface area contributed by atoms with E-state index in [2.05, 4.69) is 57.7 Å². The van der Waals surface area contributed by atoms with E-state index in [1.807, 2.05) is 0 Å². The maximum atomic E-state index is 11.5. The van der Waals surface area contributed by atoms with E-state index in [4.69, 9.17) is 11.5 Å². The molecule has 7 heteroatoms. The minimum absolute atomic E-state index is 0. The number of nitrogens with one attached hydrogen (secondary N) is 1. The number of likely N-dealkylation sites (tertiary alicyclic amines) is 1. The second-order valence-corrected chi connectivity index (χ2v) is 8.77. The molecule has 1 aliphatic heterocycles. The van der Waals surface area contributed by atoms with Gasteiger partial charge < -0.3 is 16.8 Å². The number of carbonyl (C=O) groups is 1. The zero-order chi connectivity index (χ0) is 21.6. The molecule has 0 radical (unpaired) electrons. The van der Waals surface area contributed by atoms with Crippen molar-refractivity contribution in [1.29, 1.82) is 0 Å². The number of amides is 1. The number of halogens is 1. The van der Waals surface area contributed by atoms with E-state index in [0.717, 1.165) is 56.6 Å². The van der Waals surface area contributed by atoms with E-state index in [0.29, 0.717) is 12.5 Å². The highest BCUT2D eigenvalue weighted by atomic mass is 127. The molecule has 1 heterocycles. The van der Waals surface area contributed by atoms with Gasteiger partial charge in [0.2, 0.25) is 5.91 Å². The van der Waals surface area contributed by atoms with E-state index in [-0.39, 0.29) is 35.8 Å². The number of hydrogen-bond donors (Lipinski definition) is 3. The van der Waals surface area contributed by atoms with E-state index in [9.17, 15) is 4.79 Å². The van der Waals surface area contributed by atoms with E-state index < -0.39 is 0 Å². The molecule has 4 rings (SSSR count). The van der Waals surface area contributed by atoms with Gasteiger partial charge in [-0.25, -0.2) is 4.99 Å². The Balaban J connectivity index is 0.00000289. The van der Waals surface area contributed by atoms with Crippen LogP contribution in [0.2, 0.25) is 0 Å². The molecule has 0 aromatic heterocycles. The molecule has 0 bridgehead atoms. The molecule has 1 atom stereocenters. The first-order chi connectivity index (χ1) is 15.1. The van der Waals surface area contributed by atoms with Crippen LogP contribution in [-0.2, 0) is 30.7 Å². The van der Waals surface area contributed by atoms with Crippen LogP contribution < -0.4 is 16.8 Å². The Morgan fingerprint density at radius 3 is 2.69 bits per heavy atom. The van der Waals surface area contributed by atoms with Gasteiger partial charge in [-0.2, -0.15) is 0 Å². The summed E-state index contributed by atoms with van der Waals surface area (Å²) < 4.78 is 0. The van der Waals surface area contributed by atoms with Crippen molar-refractivity contribution in [3.05, 3.63) is 64.7 Å². The predicted octanol–water partition coefficient (Wildman–Crippen LogP) is 3.81. The van der Waals surface area contributed by atoms with Crippen molar-refractivity contribution < 1.29 is 4.79 Å². The summed E-state index contributed by atoms with van der Waals surface area (Å²) in [4.78, 5) is 18.4. The minimum Gasteiger partial charge on any atom is -0.370 e. The fourth-order valence-electron chi connectivity index (χ4n) is 4.77. The van der Waals surface area contributed by atoms with Gasteiger partial charge in [0.05, 0.1) is 12.5 Å². The summed E-state index contributed by atoms with van der Waals surface area (Å²) >= 11 is 0. The lowest BCUT2D eigenvalue weighted by atomic mass is 9.90. The van der Waals surface area contributed by atoms with Gasteiger partial charge in [-0.1, -0.05) is 36.4 Å². The first kappa shape index (κ1) is 24.5. The summed E-state index contributed by atoms with van der Waals surface area (Å²) in [6, 6.07) is 14.8. The Morgan fingerprint density at radius 2 is 1.84 bits per heavy atom. The Labute approximate surface area is 207 Å². The molecule has 2 aromatic rings. The molecule has 2 aliphatic rings. The Kier molecular flexibility index (Phi) is 8.92. The van der Waals surface area contributed by atoms with Crippen molar-refractivity contribution in [2.24, 2.45) is 22.4 Å². The van der Waals surface area contributed by atoms with Crippen molar-refractivity contribution in [3.8, 4) is 0 Å². The fourth-order valence-corrected chi connectivity index (χ4v) is 4.77. The summed E-state index contributed by atoms with van der Waals surface area (Å²) in [5.74, 6) is 0.233. The third kappa shape index (κ3) is 6.45. The number of aryl methyl sites for hydroxylation is 1. The van der Waals surface area contributed by atoms with Gasteiger partial charge in [-0.3, -0.25) is 9.69 Å².